The highest BCUT2D eigenvalue weighted by atomic mass is 35.5. The predicted molar refractivity (Wildman–Crippen MR) is 76.1 cm³/mol. The number of carbonyl (C=O) groups is 1. The standard InChI is InChI=1S/C13H9Cl2F2N3O/c1-6-18-9(12(16)17)5-10(19-6)13(21)20-8-4-2-3-7(14)11(8)15/h2-5,12H,1H3,(H,20,21). The fourth-order valence-electron chi connectivity index (χ4n) is 1.61. The smallest absolute Gasteiger partial charge is 0.280 e. The molecule has 1 aromatic heterocycles. The van der Waals surface area contributed by atoms with Gasteiger partial charge in [-0.2, -0.15) is 0 Å². The molecule has 0 radical (unpaired) electrons. The first-order valence-corrected chi connectivity index (χ1v) is 6.53. The van der Waals surface area contributed by atoms with Gasteiger partial charge in [-0.25, -0.2) is 18.7 Å². The lowest BCUT2D eigenvalue weighted by Crippen LogP contribution is -2.16. The van der Waals surface area contributed by atoms with Crippen LogP contribution in [0.2, 0.25) is 10.0 Å². The van der Waals surface area contributed by atoms with E-state index in [4.69, 9.17) is 23.2 Å². The molecule has 0 fully saturated rings. The van der Waals surface area contributed by atoms with Crippen molar-refractivity contribution < 1.29 is 13.6 Å². The summed E-state index contributed by atoms with van der Waals surface area (Å²) in [5, 5.41) is 2.90. The number of carbonyl (C=O) groups excluding carboxylic acids is 1. The van der Waals surface area contributed by atoms with Crippen LogP contribution in [-0.2, 0) is 0 Å². The van der Waals surface area contributed by atoms with Gasteiger partial charge in [-0.3, -0.25) is 4.79 Å². The highest BCUT2D eigenvalue weighted by molar-refractivity contribution is 6.44. The van der Waals surface area contributed by atoms with Crippen molar-refractivity contribution in [3.05, 3.63) is 51.5 Å². The predicted octanol–water partition coefficient (Wildman–Crippen LogP) is 4.28. The number of nitrogens with zero attached hydrogens (tertiary/aromatic N) is 2. The Labute approximate surface area is 129 Å². The van der Waals surface area contributed by atoms with Crippen LogP contribution in [0.4, 0.5) is 14.5 Å². The van der Waals surface area contributed by atoms with Gasteiger partial charge in [-0.05, 0) is 25.1 Å². The monoisotopic (exact) mass is 331 g/mol. The number of alkyl halides is 2. The van der Waals surface area contributed by atoms with E-state index in [1.807, 2.05) is 0 Å². The normalized spacial score (nSPS) is 10.8. The number of benzene rings is 1. The average Bonchev–Trinajstić information content (AvgIpc) is 2.43. The van der Waals surface area contributed by atoms with Gasteiger partial charge in [-0.1, -0.05) is 29.3 Å². The van der Waals surface area contributed by atoms with Crippen LogP contribution >= 0.6 is 23.2 Å². The molecular formula is C13H9Cl2F2N3O. The summed E-state index contributed by atoms with van der Waals surface area (Å²) in [6, 6.07) is 5.63. The third kappa shape index (κ3) is 3.65. The van der Waals surface area contributed by atoms with Crippen LogP contribution < -0.4 is 5.32 Å². The summed E-state index contributed by atoms with van der Waals surface area (Å²) in [6.07, 6.45) is -2.78. The zero-order valence-electron chi connectivity index (χ0n) is 10.7. The number of aromatic nitrogens is 2. The molecule has 0 atom stereocenters. The van der Waals surface area contributed by atoms with E-state index >= 15 is 0 Å². The molecule has 0 bridgehead atoms. The Morgan fingerprint density at radius 2 is 2.00 bits per heavy atom. The van der Waals surface area contributed by atoms with Crippen molar-refractivity contribution in [2.24, 2.45) is 0 Å². The third-order valence-electron chi connectivity index (χ3n) is 2.51. The first-order chi connectivity index (χ1) is 9.88. The van der Waals surface area contributed by atoms with Gasteiger partial charge >= 0.3 is 0 Å². The summed E-state index contributed by atoms with van der Waals surface area (Å²) in [5.74, 6) is -0.596. The second-order valence-corrected chi connectivity index (χ2v) is 4.87. The zero-order valence-corrected chi connectivity index (χ0v) is 12.2. The topological polar surface area (TPSA) is 54.9 Å². The summed E-state index contributed by atoms with van der Waals surface area (Å²) in [5.41, 5.74) is -0.414. The van der Waals surface area contributed by atoms with E-state index in [1.165, 1.54) is 13.0 Å². The second kappa shape index (κ2) is 6.32. The highest BCUT2D eigenvalue weighted by Crippen LogP contribution is 2.29. The molecule has 0 spiro atoms. The molecule has 21 heavy (non-hydrogen) atoms. The number of hydrogen-bond donors (Lipinski definition) is 1. The zero-order chi connectivity index (χ0) is 15.6. The van der Waals surface area contributed by atoms with Crippen LogP contribution in [0.15, 0.2) is 24.3 Å². The van der Waals surface area contributed by atoms with Crippen LogP contribution in [0.25, 0.3) is 0 Å². The number of halogens is 4. The number of aryl methyl sites for hydroxylation is 1. The maximum atomic E-state index is 12.7. The SMILES string of the molecule is Cc1nc(C(=O)Nc2cccc(Cl)c2Cl)cc(C(F)F)n1. The third-order valence-corrected chi connectivity index (χ3v) is 3.33. The van der Waals surface area contributed by atoms with E-state index < -0.39 is 18.0 Å². The molecule has 2 aromatic rings. The molecule has 0 unspecified atom stereocenters. The summed E-state index contributed by atoms with van der Waals surface area (Å²) >= 11 is 11.8. The Morgan fingerprint density at radius 1 is 1.29 bits per heavy atom. The van der Waals surface area contributed by atoms with Crippen LogP contribution in [0, 0.1) is 6.92 Å². The largest absolute Gasteiger partial charge is 0.319 e. The Hall–Kier alpha value is -1.79. The van der Waals surface area contributed by atoms with E-state index in [0.29, 0.717) is 0 Å². The fourth-order valence-corrected chi connectivity index (χ4v) is 1.95. The van der Waals surface area contributed by atoms with E-state index in [-0.39, 0.29) is 27.3 Å². The van der Waals surface area contributed by atoms with Gasteiger partial charge in [-0.15, -0.1) is 0 Å². The number of anilines is 1. The van der Waals surface area contributed by atoms with Crippen molar-refractivity contribution in [3.63, 3.8) is 0 Å². The molecule has 1 heterocycles. The Kier molecular flexibility index (Phi) is 4.69. The minimum absolute atomic E-state index is 0.0788. The lowest BCUT2D eigenvalue weighted by molar-refractivity contribution is 0.102. The molecule has 4 nitrogen and oxygen atoms in total. The molecule has 0 saturated carbocycles. The van der Waals surface area contributed by atoms with Crippen molar-refractivity contribution in [1.82, 2.24) is 9.97 Å². The van der Waals surface area contributed by atoms with Gasteiger partial charge in [0.15, 0.2) is 0 Å². The summed E-state index contributed by atoms with van der Waals surface area (Å²) in [4.78, 5) is 19.5. The lowest BCUT2D eigenvalue weighted by atomic mass is 10.2. The Balaban J connectivity index is 2.30. The van der Waals surface area contributed by atoms with Gasteiger partial charge in [0, 0.05) is 0 Å². The molecule has 0 saturated heterocycles. The molecule has 0 aliphatic rings. The lowest BCUT2D eigenvalue weighted by Gasteiger charge is -2.09. The van der Waals surface area contributed by atoms with Crippen molar-refractivity contribution in [2.45, 2.75) is 13.3 Å². The molecule has 1 aromatic carbocycles. The van der Waals surface area contributed by atoms with Crippen molar-refractivity contribution in [2.75, 3.05) is 5.32 Å². The number of amides is 1. The first kappa shape index (κ1) is 15.6. The van der Waals surface area contributed by atoms with Crippen molar-refractivity contribution in [1.29, 1.82) is 0 Å². The molecular weight excluding hydrogens is 323 g/mol. The van der Waals surface area contributed by atoms with Gasteiger partial charge in [0.2, 0.25) is 0 Å². The maximum absolute atomic E-state index is 12.7. The minimum Gasteiger partial charge on any atom is -0.319 e. The Bertz CT molecular complexity index is 695. The van der Waals surface area contributed by atoms with Crippen LogP contribution in [0.3, 0.4) is 0 Å². The number of hydrogen-bond acceptors (Lipinski definition) is 3. The Morgan fingerprint density at radius 3 is 2.67 bits per heavy atom. The van der Waals surface area contributed by atoms with E-state index in [9.17, 15) is 13.6 Å². The van der Waals surface area contributed by atoms with E-state index in [2.05, 4.69) is 15.3 Å². The molecule has 0 aliphatic heterocycles. The molecule has 0 aliphatic carbocycles. The van der Waals surface area contributed by atoms with E-state index in [1.54, 1.807) is 12.1 Å². The fraction of sp³-hybridized carbons (Fsp3) is 0.154. The maximum Gasteiger partial charge on any atom is 0.280 e. The van der Waals surface area contributed by atoms with Crippen LogP contribution in [-0.4, -0.2) is 15.9 Å². The van der Waals surface area contributed by atoms with Crippen molar-refractivity contribution in [3.8, 4) is 0 Å². The van der Waals surface area contributed by atoms with Gasteiger partial charge in [0.1, 0.15) is 17.2 Å². The summed E-state index contributed by atoms with van der Waals surface area (Å²) in [6.45, 7) is 1.43. The molecule has 2 rings (SSSR count). The van der Waals surface area contributed by atoms with E-state index in [0.717, 1.165) is 6.07 Å². The number of rotatable bonds is 3. The van der Waals surface area contributed by atoms with Gasteiger partial charge in [0.05, 0.1) is 15.7 Å². The van der Waals surface area contributed by atoms with Gasteiger partial charge < -0.3 is 5.32 Å². The van der Waals surface area contributed by atoms with Crippen LogP contribution in [0.5, 0.6) is 0 Å². The summed E-state index contributed by atoms with van der Waals surface area (Å²) in [7, 11) is 0. The molecule has 1 N–H and O–H groups in total. The minimum atomic E-state index is -2.78. The number of nitrogens with one attached hydrogen (secondary N) is 1. The first-order valence-electron chi connectivity index (χ1n) is 5.77. The summed E-state index contributed by atoms with van der Waals surface area (Å²) < 4.78 is 25.3. The van der Waals surface area contributed by atoms with Crippen molar-refractivity contribution >= 4 is 34.8 Å². The van der Waals surface area contributed by atoms with Gasteiger partial charge in [0.25, 0.3) is 12.3 Å². The second-order valence-electron chi connectivity index (χ2n) is 4.08. The molecule has 8 heteroatoms. The quantitative estimate of drug-likeness (QED) is 0.913. The molecule has 1 amide bonds. The van der Waals surface area contributed by atoms with Crippen LogP contribution in [0.1, 0.15) is 28.4 Å². The highest BCUT2D eigenvalue weighted by Gasteiger charge is 2.17. The molecule has 110 valence electrons. The average molecular weight is 332 g/mol.